The molecule has 7 heteroatoms. The molecule has 4 rings (SSSR count). The van der Waals surface area contributed by atoms with Crippen LogP contribution < -0.4 is 4.90 Å². The van der Waals surface area contributed by atoms with E-state index in [1.165, 1.54) is 4.90 Å². The molecule has 2 aromatic carbocycles. The number of hydrogen-bond donors (Lipinski definition) is 0. The summed E-state index contributed by atoms with van der Waals surface area (Å²) in [6.07, 6.45) is 2.05. The van der Waals surface area contributed by atoms with Crippen molar-refractivity contribution in [3.63, 3.8) is 0 Å². The van der Waals surface area contributed by atoms with E-state index < -0.39 is 0 Å². The fourth-order valence-electron chi connectivity index (χ4n) is 4.22. The molecule has 7 nitrogen and oxygen atoms in total. The molecular formula is C25H29N3O4. The number of ether oxygens (including phenoxy) is 1. The van der Waals surface area contributed by atoms with Crippen molar-refractivity contribution in [3.05, 3.63) is 65.2 Å². The molecule has 2 aliphatic heterocycles. The molecule has 1 saturated heterocycles. The number of imide groups is 1. The highest BCUT2D eigenvalue weighted by Crippen LogP contribution is 2.23. The second kappa shape index (κ2) is 9.53. The van der Waals surface area contributed by atoms with E-state index in [2.05, 4.69) is 0 Å². The first-order chi connectivity index (χ1) is 15.4. The lowest BCUT2D eigenvalue weighted by molar-refractivity contribution is -0.133. The number of fused-ring (bicyclic) bond motifs is 1. The summed E-state index contributed by atoms with van der Waals surface area (Å²) in [5, 5.41) is 0. The van der Waals surface area contributed by atoms with Crippen molar-refractivity contribution in [1.29, 1.82) is 0 Å². The quantitative estimate of drug-likeness (QED) is 0.597. The lowest BCUT2D eigenvalue weighted by atomic mass is 10.1. The van der Waals surface area contributed by atoms with Gasteiger partial charge < -0.3 is 14.5 Å². The molecular weight excluding hydrogens is 406 g/mol. The third kappa shape index (κ3) is 4.67. The van der Waals surface area contributed by atoms with Crippen molar-refractivity contribution < 1.29 is 19.1 Å². The van der Waals surface area contributed by atoms with Gasteiger partial charge >= 0.3 is 0 Å². The zero-order chi connectivity index (χ0) is 22.7. The van der Waals surface area contributed by atoms with Crippen LogP contribution in [0.1, 0.15) is 45.5 Å². The zero-order valence-corrected chi connectivity index (χ0v) is 18.6. The molecule has 32 heavy (non-hydrogen) atoms. The minimum Gasteiger partial charge on any atom is -0.378 e. The number of rotatable bonds is 8. The molecule has 0 aromatic heterocycles. The van der Waals surface area contributed by atoms with Crippen molar-refractivity contribution in [2.24, 2.45) is 0 Å². The number of carbonyl (C=O) groups excluding carboxylic acids is 3. The molecule has 3 amide bonds. The highest BCUT2D eigenvalue weighted by atomic mass is 16.5. The molecule has 0 N–H and O–H groups in total. The Kier molecular flexibility index (Phi) is 6.55. The SMILES string of the molecule is CN(C)c1ccc(CN(C[C@@H]2CCCO2)C(=O)CCN2C(=O)c3ccccc3C2=O)cc1. The summed E-state index contributed by atoms with van der Waals surface area (Å²) < 4.78 is 5.76. The van der Waals surface area contributed by atoms with Gasteiger partial charge in [0.25, 0.3) is 11.8 Å². The third-order valence-electron chi connectivity index (χ3n) is 6.05. The lowest BCUT2D eigenvalue weighted by Crippen LogP contribution is -2.39. The van der Waals surface area contributed by atoms with Gasteiger partial charge in [-0.15, -0.1) is 0 Å². The van der Waals surface area contributed by atoms with Crippen LogP contribution in [0.3, 0.4) is 0 Å². The van der Waals surface area contributed by atoms with Gasteiger partial charge in [0.15, 0.2) is 0 Å². The monoisotopic (exact) mass is 435 g/mol. The van der Waals surface area contributed by atoms with Gasteiger partial charge in [-0.05, 0) is 42.7 Å². The van der Waals surface area contributed by atoms with Gasteiger partial charge in [-0.2, -0.15) is 0 Å². The van der Waals surface area contributed by atoms with Crippen molar-refractivity contribution in [1.82, 2.24) is 9.80 Å². The average Bonchev–Trinajstić information content (AvgIpc) is 3.39. The van der Waals surface area contributed by atoms with Gasteiger partial charge in [0.1, 0.15) is 0 Å². The Balaban J connectivity index is 1.43. The average molecular weight is 436 g/mol. The summed E-state index contributed by atoms with van der Waals surface area (Å²) in [4.78, 5) is 43.4. The Morgan fingerprint density at radius 2 is 1.69 bits per heavy atom. The maximum atomic E-state index is 13.2. The predicted octanol–water partition coefficient (Wildman–Crippen LogP) is 2.95. The standard InChI is InChI=1S/C25H29N3O4/c1-26(2)19-11-9-18(10-12-19)16-27(17-20-6-5-15-32-20)23(29)13-14-28-24(30)21-7-3-4-8-22(21)25(28)31/h3-4,7-12,20H,5-6,13-17H2,1-2H3/t20-/m0/s1. The van der Waals surface area contributed by atoms with Crippen molar-refractivity contribution in [3.8, 4) is 0 Å². The molecule has 0 radical (unpaired) electrons. The second-order valence-electron chi connectivity index (χ2n) is 8.53. The number of carbonyl (C=O) groups is 3. The van der Waals surface area contributed by atoms with Gasteiger partial charge in [0, 0.05) is 52.4 Å². The Morgan fingerprint density at radius 1 is 1.03 bits per heavy atom. The summed E-state index contributed by atoms with van der Waals surface area (Å²) in [5.74, 6) is -0.750. The first-order valence-corrected chi connectivity index (χ1v) is 11.0. The van der Waals surface area contributed by atoms with E-state index >= 15 is 0 Å². The van der Waals surface area contributed by atoms with Crippen LogP contribution in [0.25, 0.3) is 0 Å². The first kappa shape index (κ1) is 22.0. The molecule has 2 aliphatic rings. The van der Waals surface area contributed by atoms with Gasteiger partial charge in [-0.25, -0.2) is 0 Å². The zero-order valence-electron chi connectivity index (χ0n) is 18.6. The van der Waals surface area contributed by atoms with E-state index in [1.807, 2.05) is 43.3 Å². The number of hydrogen-bond acceptors (Lipinski definition) is 5. The molecule has 168 valence electrons. The van der Waals surface area contributed by atoms with Crippen molar-refractivity contribution >= 4 is 23.4 Å². The Morgan fingerprint density at radius 3 is 2.25 bits per heavy atom. The van der Waals surface area contributed by atoms with Gasteiger partial charge in [-0.3, -0.25) is 19.3 Å². The van der Waals surface area contributed by atoms with E-state index in [1.54, 1.807) is 29.2 Å². The number of benzene rings is 2. The third-order valence-corrected chi connectivity index (χ3v) is 6.05. The Labute approximate surface area is 188 Å². The molecule has 0 aliphatic carbocycles. The topological polar surface area (TPSA) is 70.2 Å². The fourth-order valence-corrected chi connectivity index (χ4v) is 4.22. The summed E-state index contributed by atoms with van der Waals surface area (Å²) in [6, 6.07) is 14.9. The minimum absolute atomic E-state index is 0.0271. The first-order valence-electron chi connectivity index (χ1n) is 11.0. The fraction of sp³-hybridized carbons (Fsp3) is 0.400. The molecule has 0 unspecified atom stereocenters. The summed E-state index contributed by atoms with van der Waals surface area (Å²) in [5.41, 5.74) is 2.93. The maximum absolute atomic E-state index is 13.2. The Bertz CT molecular complexity index is 962. The predicted molar refractivity (Wildman–Crippen MR) is 122 cm³/mol. The maximum Gasteiger partial charge on any atom is 0.261 e. The van der Waals surface area contributed by atoms with Crippen LogP contribution in [0, 0.1) is 0 Å². The molecule has 2 heterocycles. The highest BCUT2D eigenvalue weighted by molar-refractivity contribution is 6.21. The molecule has 0 bridgehead atoms. The number of anilines is 1. The van der Waals surface area contributed by atoms with E-state index in [0.717, 1.165) is 30.7 Å². The van der Waals surface area contributed by atoms with Crippen LogP contribution in [0.15, 0.2) is 48.5 Å². The minimum atomic E-state index is -0.330. The summed E-state index contributed by atoms with van der Waals surface area (Å²) in [7, 11) is 3.98. The number of nitrogens with zero attached hydrogens (tertiary/aromatic N) is 3. The summed E-state index contributed by atoms with van der Waals surface area (Å²) in [6.45, 7) is 1.77. The smallest absolute Gasteiger partial charge is 0.261 e. The molecule has 0 spiro atoms. The normalized spacial score (nSPS) is 17.6. The second-order valence-corrected chi connectivity index (χ2v) is 8.53. The van der Waals surface area contributed by atoms with Gasteiger partial charge in [0.2, 0.25) is 5.91 Å². The van der Waals surface area contributed by atoms with Crippen LogP contribution in [0.4, 0.5) is 5.69 Å². The van der Waals surface area contributed by atoms with Crippen molar-refractivity contribution in [2.45, 2.75) is 31.9 Å². The van der Waals surface area contributed by atoms with Crippen LogP contribution in [0.5, 0.6) is 0 Å². The van der Waals surface area contributed by atoms with Crippen LogP contribution in [-0.4, -0.2) is 67.4 Å². The lowest BCUT2D eigenvalue weighted by Gasteiger charge is -2.27. The van der Waals surface area contributed by atoms with Gasteiger partial charge in [-0.1, -0.05) is 24.3 Å². The van der Waals surface area contributed by atoms with E-state index in [-0.39, 0.29) is 36.8 Å². The number of amides is 3. The van der Waals surface area contributed by atoms with Crippen LogP contribution >= 0.6 is 0 Å². The van der Waals surface area contributed by atoms with Gasteiger partial charge in [0.05, 0.1) is 17.2 Å². The largest absolute Gasteiger partial charge is 0.378 e. The highest BCUT2D eigenvalue weighted by Gasteiger charge is 2.35. The van der Waals surface area contributed by atoms with E-state index in [4.69, 9.17) is 4.74 Å². The van der Waals surface area contributed by atoms with Crippen LogP contribution in [0.2, 0.25) is 0 Å². The Hall–Kier alpha value is -3.19. The van der Waals surface area contributed by atoms with E-state index in [9.17, 15) is 14.4 Å². The van der Waals surface area contributed by atoms with Crippen LogP contribution in [-0.2, 0) is 16.1 Å². The molecule has 0 saturated carbocycles. The molecule has 2 aromatic rings. The van der Waals surface area contributed by atoms with E-state index in [0.29, 0.717) is 24.2 Å². The molecule has 1 fully saturated rings. The van der Waals surface area contributed by atoms with Crippen molar-refractivity contribution in [2.75, 3.05) is 38.7 Å². The summed E-state index contributed by atoms with van der Waals surface area (Å²) >= 11 is 0. The molecule has 1 atom stereocenters.